The van der Waals surface area contributed by atoms with Crippen molar-refractivity contribution in [2.24, 2.45) is 0 Å². The Hall–Kier alpha value is -4.12. The van der Waals surface area contributed by atoms with Gasteiger partial charge in [0.15, 0.2) is 11.6 Å². The van der Waals surface area contributed by atoms with Gasteiger partial charge in [0.2, 0.25) is 0 Å². The Balaban J connectivity index is 1.50. The van der Waals surface area contributed by atoms with Crippen molar-refractivity contribution in [1.29, 1.82) is 0 Å². The molecule has 0 spiro atoms. The molecular weight excluding hydrogens is 517 g/mol. The Kier molecular flexibility index (Phi) is 7.63. The molecule has 4 rings (SSSR count). The van der Waals surface area contributed by atoms with E-state index in [1.54, 1.807) is 24.3 Å². The first-order chi connectivity index (χ1) is 17.6. The Morgan fingerprint density at radius 3 is 2.22 bits per heavy atom. The van der Waals surface area contributed by atoms with Gasteiger partial charge in [-0.25, -0.2) is 18.7 Å². The van der Waals surface area contributed by atoms with Crippen molar-refractivity contribution in [1.82, 2.24) is 20.3 Å². The number of anilines is 1. The molecule has 0 saturated carbocycles. The van der Waals surface area contributed by atoms with Crippen LogP contribution in [0, 0.1) is 11.6 Å². The van der Waals surface area contributed by atoms with Crippen LogP contribution in [0.25, 0.3) is 11.3 Å². The highest BCUT2D eigenvalue weighted by molar-refractivity contribution is 6.29. The van der Waals surface area contributed by atoms with E-state index in [9.17, 15) is 26.7 Å². The van der Waals surface area contributed by atoms with Crippen LogP contribution in [0.3, 0.4) is 0 Å². The summed E-state index contributed by atoms with van der Waals surface area (Å²) in [5.74, 6) is -3.12. The third kappa shape index (κ3) is 6.56. The van der Waals surface area contributed by atoms with Gasteiger partial charge in [-0.1, -0.05) is 41.9 Å². The second-order valence-electron chi connectivity index (χ2n) is 7.82. The molecule has 6 nitrogen and oxygen atoms in total. The van der Waals surface area contributed by atoms with Crippen molar-refractivity contribution in [3.05, 3.63) is 106 Å². The Bertz CT molecular complexity index is 1410. The highest BCUT2D eigenvalue weighted by Gasteiger charge is 2.32. The number of amides is 1. The molecule has 2 N–H and O–H groups in total. The number of alkyl halides is 3. The summed E-state index contributed by atoms with van der Waals surface area (Å²) >= 11 is 5.75. The zero-order valence-electron chi connectivity index (χ0n) is 18.8. The molecule has 0 aliphatic heterocycles. The number of pyridine rings is 1. The molecule has 0 aliphatic carbocycles. The van der Waals surface area contributed by atoms with Crippen molar-refractivity contribution < 1.29 is 26.7 Å². The molecule has 0 bridgehead atoms. The summed E-state index contributed by atoms with van der Waals surface area (Å²) in [6, 6.07) is 10.8. The molecular formula is C25H17ClF5N5O. The van der Waals surface area contributed by atoms with Crippen LogP contribution in [0.1, 0.15) is 27.0 Å². The first-order valence-electron chi connectivity index (χ1n) is 10.7. The largest absolute Gasteiger partial charge is 0.417 e. The summed E-state index contributed by atoms with van der Waals surface area (Å²) in [5, 5.41) is 5.55. The van der Waals surface area contributed by atoms with Crippen molar-refractivity contribution >= 4 is 23.3 Å². The smallest absolute Gasteiger partial charge is 0.365 e. The number of halogens is 6. The van der Waals surface area contributed by atoms with Crippen LogP contribution in [0.15, 0.2) is 67.1 Å². The Labute approximate surface area is 212 Å². The fourth-order valence-electron chi connectivity index (χ4n) is 3.30. The first-order valence-corrected chi connectivity index (χ1v) is 11.1. The van der Waals surface area contributed by atoms with Gasteiger partial charge < -0.3 is 10.6 Å². The lowest BCUT2D eigenvalue weighted by Gasteiger charge is -2.14. The molecule has 2 aromatic carbocycles. The van der Waals surface area contributed by atoms with E-state index in [0.717, 1.165) is 23.3 Å². The van der Waals surface area contributed by atoms with Gasteiger partial charge in [0.05, 0.1) is 29.2 Å². The highest BCUT2D eigenvalue weighted by atomic mass is 35.5. The first kappa shape index (κ1) is 26.0. The molecule has 0 radical (unpaired) electrons. The number of aromatic nitrogens is 3. The van der Waals surface area contributed by atoms with Gasteiger partial charge in [-0.3, -0.25) is 9.78 Å². The van der Waals surface area contributed by atoms with Crippen LogP contribution >= 0.6 is 11.6 Å². The molecule has 4 aromatic rings. The van der Waals surface area contributed by atoms with E-state index in [2.05, 4.69) is 25.6 Å². The molecule has 190 valence electrons. The number of rotatable bonds is 7. The zero-order chi connectivity index (χ0) is 26.6. The molecule has 37 heavy (non-hydrogen) atoms. The molecule has 0 saturated heterocycles. The molecule has 12 heteroatoms. The summed E-state index contributed by atoms with van der Waals surface area (Å²) in [5.41, 5.74) is 0.897. The minimum Gasteiger partial charge on any atom is -0.365 e. The summed E-state index contributed by atoms with van der Waals surface area (Å²) in [4.78, 5) is 24.7. The second-order valence-corrected chi connectivity index (χ2v) is 8.21. The number of carbonyl (C=O) groups excluding carboxylic acids is 1. The third-order valence-corrected chi connectivity index (χ3v) is 5.42. The summed E-state index contributed by atoms with van der Waals surface area (Å²) in [6.07, 6.45) is -1.16. The lowest BCUT2D eigenvalue weighted by molar-refractivity contribution is -0.137. The average Bonchev–Trinajstić information content (AvgIpc) is 2.88. The van der Waals surface area contributed by atoms with Gasteiger partial charge in [-0.2, -0.15) is 13.2 Å². The Morgan fingerprint density at radius 1 is 0.838 bits per heavy atom. The zero-order valence-corrected chi connectivity index (χ0v) is 19.5. The Morgan fingerprint density at radius 2 is 1.57 bits per heavy atom. The van der Waals surface area contributed by atoms with E-state index in [0.29, 0.717) is 18.0 Å². The number of nitrogens with one attached hydrogen (secondary N) is 2. The summed E-state index contributed by atoms with van der Waals surface area (Å²) in [6.45, 7) is -0.0881. The lowest BCUT2D eigenvalue weighted by atomic mass is 10.1. The monoisotopic (exact) mass is 533 g/mol. The van der Waals surface area contributed by atoms with E-state index in [1.807, 2.05) is 0 Å². The molecule has 0 atom stereocenters. The third-order valence-electron chi connectivity index (χ3n) is 5.23. The van der Waals surface area contributed by atoms with Gasteiger partial charge >= 0.3 is 6.18 Å². The van der Waals surface area contributed by atoms with Gasteiger partial charge in [-0.15, -0.1) is 0 Å². The van der Waals surface area contributed by atoms with Gasteiger partial charge in [0.1, 0.15) is 11.0 Å². The minimum absolute atomic E-state index is 0.0802. The van der Waals surface area contributed by atoms with E-state index >= 15 is 0 Å². The number of hydrogen-bond donors (Lipinski definition) is 2. The number of carbonyl (C=O) groups is 1. The predicted octanol–water partition coefficient (Wildman–Crippen LogP) is 6.03. The minimum atomic E-state index is -4.72. The molecule has 0 unspecified atom stereocenters. The number of benzene rings is 2. The average molecular weight is 534 g/mol. The topological polar surface area (TPSA) is 79.8 Å². The standard InChI is InChI=1S/C25H17ClF5N5O/c26-22-13-32-21(12-33-22)16-4-1-14(2-5-16)9-34-23-18(8-17(11-35-23)25(29,30)31)24(37)36-10-15-3-6-19(27)20(28)7-15/h1-8,11-13H,9-10H2,(H,34,35)(H,36,37). The fraction of sp³-hybridized carbons (Fsp3) is 0.120. The van der Waals surface area contributed by atoms with Crippen LogP contribution in [0.2, 0.25) is 5.15 Å². The molecule has 0 fully saturated rings. The van der Waals surface area contributed by atoms with Crippen LogP contribution in [-0.2, 0) is 19.3 Å². The van der Waals surface area contributed by atoms with E-state index in [1.165, 1.54) is 18.5 Å². The van der Waals surface area contributed by atoms with E-state index in [-0.39, 0.29) is 35.2 Å². The van der Waals surface area contributed by atoms with Gasteiger partial charge in [-0.05, 0) is 29.3 Å². The second kappa shape index (κ2) is 10.9. The fourth-order valence-corrected chi connectivity index (χ4v) is 3.40. The van der Waals surface area contributed by atoms with Crippen molar-refractivity contribution in [3.63, 3.8) is 0 Å². The van der Waals surface area contributed by atoms with Gasteiger partial charge in [0.25, 0.3) is 5.91 Å². The van der Waals surface area contributed by atoms with E-state index < -0.39 is 29.3 Å². The van der Waals surface area contributed by atoms with Crippen LogP contribution < -0.4 is 10.6 Å². The van der Waals surface area contributed by atoms with E-state index in [4.69, 9.17) is 11.6 Å². The highest BCUT2D eigenvalue weighted by Crippen LogP contribution is 2.31. The molecule has 0 aliphatic rings. The van der Waals surface area contributed by atoms with Crippen molar-refractivity contribution in [2.75, 3.05) is 5.32 Å². The van der Waals surface area contributed by atoms with Crippen molar-refractivity contribution in [3.8, 4) is 11.3 Å². The molecule has 1 amide bonds. The van der Waals surface area contributed by atoms with Crippen LogP contribution in [0.4, 0.5) is 27.8 Å². The lowest BCUT2D eigenvalue weighted by Crippen LogP contribution is -2.25. The van der Waals surface area contributed by atoms with Gasteiger partial charge in [0, 0.05) is 24.8 Å². The predicted molar refractivity (Wildman–Crippen MR) is 127 cm³/mol. The number of nitrogens with zero attached hydrogens (tertiary/aromatic N) is 3. The maximum Gasteiger partial charge on any atom is 0.417 e. The van der Waals surface area contributed by atoms with Crippen LogP contribution in [-0.4, -0.2) is 20.9 Å². The molecule has 2 heterocycles. The molecule has 2 aromatic heterocycles. The van der Waals surface area contributed by atoms with Crippen LogP contribution in [0.5, 0.6) is 0 Å². The maximum absolute atomic E-state index is 13.4. The summed E-state index contributed by atoms with van der Waals surface area (Å²) in [7, 11) is 0. The summed E-state index contributed by atoms with van der Waals surface area (Å²) < 4.78 is 66.3. The SMILES string of the molecule is O=C(NCc1ccc(F)c(F)c1)c1cc(C(F)(F)F)cnc1NCc1ccc(-c2cnc(Cl)cn2)cc1. The quantitative estimate of drug-likeness (QED) is 0.284. The van der Waals surface area contributed by atoms with Crippen molar-refractivity contribution in [2.45, 2.75) is 19.3 Å². The number of hydrogen-bond acceptors (Lipinski definition) is 5. The normalized spacial score (nSPS) is 11.3. The maximum atomic E-state index is 13.4.